The van der Waals surface area contributed by atoms with Crippen LogP contribution in [0.3, 0.4) is 0 Å². The van der Waals surface area contributed by atoms with Crippen LogP contribution >= 0.6 is 0 Å². The van der Waals surface area contributed by atoms with Crippen LogP contribution in [0.25, 0.3) is 10.9 Å². The van der Waals surface area contributed by atoms with E-state index in [2.05, 4.69) is 36.7 Å². The number of fused-ring (bicyclic) bond motifs is 1. The van der Waals surface area contributed by atoms with Gasteiger partial charge < -0.3 is 15.0 Å². The third-order valence-corrected chi connectivity index (χ3v) is 3.25. The zero-order chi connectivity index (χ0) is 13.8. The highest BCUT2D eigenvalue weighted by molar-refractivity contribution is 5.85. The normalized spacial score (nSPS) is 12.8. The summed E-state index contributed by atoms with van der Waals surface area (Å²) >= 11 is 0. The van der Waals surface area contributed by atoms with Crippen molar-refractivity contribution in [2.45, 2.75) is 46.2 Å². The van der Waals surface area contributed by atoms with Gasteiger partial charge in [-0.05, 0) is 44.4 Å². The number of nitrogens with zero attached hydrogens (tertiary/aromatic N) is 1. The van der Waals surface area contributed by atoms with E-state index in [1.165, 1.54) is 16.5 Å². The fraction of sp³-hybridized carbons (Fsp3) is 0.500. The van der Waals surface area contributed by atoms with Gasteiger partial charge >= 0.3 is 0 Å². The van der Waals surface area contributed by atoms with E-state index in [-0.39, 0.29) is 6.04 Å². The quantitative estimate of drug-likeness (QED) is 0.865. The molecule has 0 radical (unpaired) electrons. The van der Waals surface area contributed by atoms with Crippen LogP contribution < -0.4 is 10.5 Å². The van der Waals surface area contributed by atoms with Crippen LogP contribution in [0.15, 0.2) is 24.4 Å². The molecule has 1 heterocycles. The Morgan fingerprint density at radius 2 is 2.11 bits per heavy atom. The van der Waals surface area contributed by atoms with Gasteiger partial charge in [0.2, 0.25) is 0 Å². The minimum atomic E-state index is 0.187. The first kappa shape index (κ1) is 13.9. The fourth-order valence-electron chi connectivity index (χ4n) is 2.54. The molecule has 0 unspecified atom stereocenters. The monoisotopic (exact) mass is 260 g/mol. The van der Waals surface area contributed by atoms with Crippen LogP contribution in [0, 0.1) is 0 Å². The van der Waals surface area contributed by atoms with Crippen molar-refractivity contribution in [3.8, 4) is 5.75 Å². The molecule has 2 rings (SSSR count). The highest BCUT2D eigenvalue weighted by Crippen LogP contribution is 2.27. The highest BCUT2D eigenvalue weighted by atomic mass is 16.5. The molecule has 0 fully saturated rings. The molecule has 1 atom stereocenters. The average Bonchev–Trinajstić information content (AvgIpc) is 2.68. The molecule has 0 saturated heterocycles. The summed E-state index contributed by atoms with van der Waals surface area (Å²) in [5.41, 5.74) is 8.53. The van der Waals surface area contributed by atoms with Crippen molar-refractivity contribution in [3.05, 3.63) is 30.0 Å². The minimum Gasteiger partial charge on any atom is -0.494 e. The maximum atomic E-state index is 5.94. The summed E-state index contributed by atoms with van der Waals surface area (Å²) in [7, 11) is 0. The number of benzene rings is 1. The first-order chi connectivity index (χ1) is 9.15. The molecular formula is C16H24N2O. The van der Waals surface area contributed by atoms with E-state index >= 15 is 0 Å². The number of rotatable bonds is 6. The third-order valence-electron chi connectivity index (χ3n) is 3.25. The molecule has 0 spiro atoms. The van der Waals surface area contributed by atoms with Crippen molar-refractivity contribution in [1.29, 1.82) is 0 Å². The number of ether oxygens (including phenoxy) is 1. The molecule has 104 valence electrons. The van der Waals surface area contributed by atoms with E-state index in [4.69, 9.17) is 10.5 Å². The van der Waals surface area contributed by atoms with Crippen LogP contribution in [0.2, 0.25) is 0 Å². The van der Waals surface area contributed by atoms with E-state index < -0.39 is 0 Å². The summed E-state index contributed by atoms with van der Waals surface area (Å²) in [6, 6.07) is 6.53. The Labute approximate surface area is 115 Å². The van der Waals surface area contributed by atoms with E-state index in [0.29, 0.717) is 6.61 Å². The van der Waals surface area contributed by atoms with Crippen LogP contribution in [0.4, 0.5) is 0 Å². The lowest BCUT2D eigenvalue weighted by Gasteiger charge is -2.06. The Hall–Kier alpha value is -1.48. The van der Waals surface area contributed by atoms with E-state index in [0.717, 1.165) is 25.1 Å². The average molecular weight is 260 g/mol. The Morgan fingerprint density at radius 3 is 2.74 bits per heavy atom. The zero-order valence-corrected chi connectivity index (χ0v) is 12.1. The molecule has 3 heteroatoms. The lowest BCUT2D eigenvalue weighted by atomic mass is 10.1. The largest absolute Gasteiger partial charge is 0.494 e. The fourth-order valence-corrected chi connectivity index (χ4v) is 2.54. The van der Waals surface area contributed by atoms with Gasteiger partial charge in [-0.3, -0.25) is 0 Å². The van der Waals surface area contributed by atoms with Crippen molar-refractivity contribution in [2.75, 3.05) is 6.61 Å². The summed E-state index contributed by atoms with van der Waals surface area (Å²) in [6.45, 7) is 8.00. The number of aromatic nitrogens is 1. The van der Waals surface area contributed by atoms with Crippen LogP contribution in [-0.4, -0.2) is 17.2 Å². The predicted octanol–water partition coefficient (Wildman–Crippen LogP) is 3.34. The summed E-state index contributed by atoms with van der Waals surface area (Å²) < 4.78 is 7.91. The molecule has 3 nitrogen and oxygen atoms in total. The van der Waals surface area contributed by atoms with Gasteiger partial charge in [-0.15, -0.1) is 0 Å². The zero-order valence-electron chi connectivity index (χ0n) is 12.1. The number of nitrogens with two attached hydrogens (primary N) is 1. The lowest BCUT2D eigenvalue weighted by Crippen LogP contribution is -2.17. The third kappa shape index (κ3) is 3.10. The summed E-state index contributed by atoms with van der Waals surface area (Å²) in [5.74, 6) is 0.942. The van der Waals surface area contributed by atoms with Crippen LogP contribution in [0.1, 0.15) is 32.8 Å². The molecule has 19 heavy (non-hydrogen) atoms. The molecule has 0 amide bonds. The van der Waals surface area contributed by atoms with Gasteiger partial charge in [0, 0.05) is 30.2 Å². The standard InChI is InChI=1S/C16H24N2O/c1-4-8-18-11-13(9-12(3)17)15-7-6-14(19-5-2)10-16(15)18/h6-7,10-12H,4-5,8-9,17H2,1-3H3/t12-/m0/s1. The second-order valence-electron chi connectivity index (χ2n) is 5.14. The first-order valence-electron chi connectivity index (χ1n) is 7.15. The Bertz CT molecular complexity index is 543. The Kier molecular flexibility index (Phi) is 4.48. The van der Waals surface area contributed by atoms with Gasteiger partial charge in [0.25, 0.3) is 0 Å². The molecule has 1 aromatic carbocycles. The van der Waals surface area contributed by atoms with Gasteiger partial charge in [0.15, 0.2) is 0 Å². The number of aryl methyl sites for hydroxylation is 1. The molecule has 1 aromatic heterocycles. The maximum absolute atomic E-state index is 5.94. The van der Waals surface area contributed by atoms with Gasteiger partial charge in [-0.1, -0.05) is 6.92 Å². The molecule has 0 aliphatic carbocycles. The minimum absolute atomic E-state index is 0.187. The van der Waals surface area contributed by atoms with Crippen molar-refractivity contribution < 1.29 is 4.74 Å². The van der Waals surface area contributed by atoms with Crippen molar-refractivity contribution in [2.24, 2.45) is 5.73 Å². The molecule has 0 saturated carbocycles. The maximum Gasteiger partial charge on any atom is 0.121 e. The van der Waals surface area contributed by atoms with Crippen molar-refractivity contribution in [1.82, 2.24) is 4.57 Å². The second kappa shape index (κ2) is 6.11. The van der Waals surface area contributed by atoms with Crippen LogP contribution in [0.5, 0.6) is 5.75 Å². The topological polar surface area (TPSA) is 40.2 Å². The van der Waals surface area contributed by atoms with E-state index in [9.17, 15) is 0 Å². The summed E-state index contributed by atoms with van der Waals surface area (Å²) in [6.07, 6.45) is 4.29. The second-order valence-corrected chi connectivity index (χ2v) is 5.14. The Balaban J connectivity index is 2.47. The first-order valence-corrected chi connectivity index (χ1v) is 7.15. The van der Waals surface area contributed by atoms with Gasteiger partial charge in [-0.2, -0.15) is 0 Å². The predicted molar refractivity (Wildman–Crippen MR) is 80.8 cm³/mol. The van der Waals surface area contributed by atoms with Gasteiger partial charge in [0.1, 0.15) is 5.75 Å². The van der Waals surface area contributed by atoms with Crippen LogP contribution in [-0.2, 0) is 13.0 Å². The summed E-state index contributed by atoms with van der Waals surface area (Å²) in [4.78, 5) is 0. The molecule has 0 aliphatic heterocycles. The van der Waals surface area contributed by atoms with E-state index in [1.807, 2.05) is 13.0 Å². The molecule has 2 aromatic rings. The van der Waals surface area contributed by atoms with Gasteiger partial charge in [-0.25, -0.2) is 0 Å². The van der Waals surface area contributed by atoms with Crippen molar-refractivity contribution >= 4 is 10.9 Å². The smallest absolute Gasteiger partial charge is 0.121 e. The summed E-state index contributed by atoms with van der Waals surface area (Å²) in [5, 5.41) is 1.30. The molecule has 0 bridgehead atoms. The number of hydrogen-bond donors (Lipinski definition) is 1. The van der Waals surface area contributed by atoms with Crippen molar-refractivity contribution in [3.63, 3.8) is 0 Å². The van der Waals surface area contributed by atoms with E-state index in [1.54, 1.807) is 0 Å². The van der Waals surface area contributed by atoms with Gasteiger partial charge in [0.05, 0.1) is 12.1 Å². The number of hydrogen-bond acceptors (Lipinski definition) is 2. The SMILES string of the molecule is CCCn1cc(C[C@H](C)N)c2ccc(OCC)cc21. The highest BCUT2D eigenvalue weighted by Gasteiger charge is 2.10. The molecule has 2 N–H and O–H groups in total. The molecular weight excluding hydrogens is 236 g/mol. The molecule has 0 aliphatic rings. The Morgan fingerprint density at radius 1 is 1.32 bits per heavy atom. The lowest BCUT2D eigenvalue weighted by molar-refractivity contribution is 0.340.